The Kier molecular flexibility index (Phi) is 5.31. The van der Waals surface area contributed by atoms with Gasteiger partial charge >= 0.3 is 0 Å². The van der Waals surface area contributed by atoms with Crippen LogP contribution in [-0.2, 0) is 17.8 Å². The van der Waals surface area contributed by atoms with Gasteiger partial charge in [-0.3, -0.25) is 9.59 Å². The molecule has 0 saturated heterocycles. The van der Waals surface area contributed by atoms with Crippen LogP contribution in [0.1, 0.15) is 11.3 Å². The second kappa shape index (κ2) is 7.82. The Labute approximate surface area is 151 Å². The number of carbonyl (C=O) groups is 1. The Bertz CT molecular complexity index is 928. The lowest BCUT2D eigenvalue weighted by Crippen LogP contribution is -2.36. The molecule has 1 aromatic carbocycles. The molecule has 2 aromatic heterocycles. The average molecular weight is 351 g/mol. The standard InChI is InChI=1S/C20H21N3O3/c1-15-5-7-16(8-6-15)18-9-10-19(24)23(21-18)14-20(25)22(2)12-11-17-4-3-13-26-17/h3-10,13H,11-12,14H2,1-2H3. The number of rotatable bonds is 6. The van der Waals surface area contributed by atoms with E-state index in [1.807, 2.05) is 43.3 Å². The van der Waals surface area contributed by atoms with Crippen molar-refractivity contribution in [2.45, 2.75) is 19.9 Å². The summed E-state index contributed by atoms with van der Waals surface area (Å²) in [4.78, 5) is 26.1. The van der Waals surface area contributed by atoms with Gasteiger partial charge in [-0.2, -0.15) is 5.10 Å². The molecular formula is C20H21N3O3. The molecule has 0 aliphatic rings. The second-order valence-corrected chi connectivity index (χ2v) is 6.23. The molecule has 0 saturated carbocycles. The minimum Gasteiger partial charge on any atom is -0.469 e. The third kappa shape index (κ3) is 4.27. The molecule has 134 valence electrons. The first-order valence-corrected chi connectivity index (χ1v) is 8.44. The van der Waals surface area contributed by atoms with Gasteiger partial charge in [0.15, 0.2) is 0 Å². The molecule has 6 heteroatoms. The van der Waals surface area contributed by atoms with E-state index in [4.69, 9.17) is 4.42 Å². The van der Waals surface area contributed by atoms with Crippen molar-refractivity contribution in [3.05, 3.63) is 76.5 Å². The SMILES string of the molecule is Cc1ccc(-c2ccc(=O)n(CC(=O)N(C)CCc3ccco3)n2)cc1. The van der Waals surface area contributed by atoms with Gasteiger partial charge in [0.1, 0.15) is 12.3 Å². The van der Waals surface area contributed by atoms with Gasteiger partial charge in [-0.1, -0.05) is 29.8 Å². The fourth-order valence-corrected chi connectivity index (χ4v) is 2.55. The summed E-state index contributed by atoms with van der Waals surface area (Å²) in [6.45, 7) is 2.43. The Balaban J connectivity index is 1.70. The van der Waals surface area contributed by atoms with Crippen LogP contribution in [0.5, 0.6) is 0 Å². The zero-order valence-electron chi connectivity index (χ0n) is 14.9. The van der Waals surface area contributed by atoms with Gasteiger partial charge in [0, 0.05) is 31.6 Å². The van der Waals surface area contributed by atoms with E-state index in [1.54, 1.807) is 24.3 Å². The van der Waals surface area contributed by atoms with Gasteiger partial charge in [0.05, 0.1) is 12.0 Å². The molecule has 6 nitrogen and oxygen atoms in total. The molecule has 26 heavy (non-hydrogen) atoms. The molecule has 0 spiro atoms. The van der Waals surface area contributed by atoms with Crippen LogP contribution in [0, 0.1) is 6.92 Å². The lowest BCUT2D eigenvalue weighted by Gasteiger charge is -2.17. The summed E-state index contributed by atoms with van der Waals surface area (Å²) >= 11 is 0. The van der Waals surface area contributed by atoms with Gasteiger partial charge < -0.3 is 9.32 Å². The molecule has 1 amide bonds. The summed E-state index contributed by atoms with van der Waals surface area (Å²) in [5.41, 5.74) is 2.42. The minimum absolute atomic E-state index is 0.0901. The number of hydrogen-bond donors (Lipinski definition) is 0. The number of aromatic nitrogens is 2. The first kappa shape index (κ1) is 17.7. The molecular weight excluding hydrogens is 330 g/mol. The Morgan fingerprint density at radius 1 is 1.15 bits per heavy atom. The smallest absolute Gasteiger partial charge is 0.267 e. The predicted molar refractivity (Wildman–Crippen MR) is 98.7 cm³/mol. The first-order valence-electron chi connectivity index (χ1n) is 8.44. The number of benzene rings is 1. The Morgan fingerprint density at radius 2 is 1.92 bits per heavy atom. The van der Waals surface area contributed by atoms with Crippen LogP contribution in [0.3, 0.4) is 0 Å². The van der Waals surface area contributed by atoms with Crippen LogP contribution in [-0.4, -0.2) is 34.2 Å². The molecule has 0 N–H and O–H groups in total. The number of amides is 1. The monoisotopic (exact) mass is 351 g/mol. The minimum atomic E-state index is -0.298. The second-order valence-electron chi connectivity index (χ2n) is 6.23. The van der Waals surface area contributed by atoms with E-state index in [9.17, 15) is 9.59 Å². The van der Waals surface area contributed by atoms with Gasteiger partial charge in [0.25, 0.3) is 5.56 Å². The van der Waals surface area contributed by atoms with E-state index in [-0.39, 0.29) is 18.0 Å². The van der Waals surface area contributed by atoms with E-state index >= 15 is 0 Å². The quantitative estimate of drug-likeness (QED) is 0.684. The van der Waals surface area contributed by atoms with E-state index in [2.05, 4.69) is 5.10 Å². The van der Waals surface area contributed by atoms with Gasteiger partial charge in [-0.05, 0) is 25.1 Å². The highest BCUT2D eigenvalue weighted by Crippen LogP contribution is 2.15. The zero-order chi connectivity index (χ0) is 18.5. The van der Waals surface area contributed by atoms with E-state index < -0.39 is 0 Å². The van der Waals surface area contributed by atoms with Crippen molar-refractivity contribution >= 4 is 5.91 Å². The fourth-order valence-electron chi connectivity index (χ4n) is 2.55. The molecule has 0 bridgehead atoms. The van der Waals surface area contributed by atoms with Crippen molar-refractivity contribution in [2.24, 2.45) is 0 Å². The molecule has 0 atom stereocenters. The highest BCUT2D eigenvalue weighted by atomic mass is 16.3. The maximum atomic E-state index is 12.4. The maximum absolute atomic E-state index is 12.4. The summed E-state index contributed by atoms with van der Waals surface area (Å²) in [5.74, 6) is 0.647. The van der Waals surface area contributed by atoms with Crippen molar-refractivity contribution in [3.8, 4) is 11.3 Å². The molecule has 0 aliphatic carbocycles. The van der Waals surface area contributed by atoms with Crippen molar-refractivity contribution in [1.82, 2.24) is 14.7 Å². The molecule has 0 fully saturated rings. The molecule has 3 aromatic rings. The summed E-state index contributed by atoms with van der Waals surface area (Å²) < 4.78 is 6.48. The van der Waals surface area contributed by atoms with E-state index in [0.717, 1.165) is 16.9 Å². The highest BCUT2D eigenvalue weighted by Gasteiger charge is 2.13. The molecule has 2 heterocycles. The maximum Gasteiger partial charge on any atom is 0.267 e. The first-order chi connectivity index (χ1) is 12.5. The van der Waals surface area contributed by atoms with Gasteiger partial charge in [-0.25, -0.2) is 4.68 Å². The van der Waals surface area contributed by atoms with Crippen molar-refractivity contribution < 1.29 is 9.21 Å². The van der Waals surface area contributed by atoms with Crippen LogP contribution < -0.4 is 5.56 Å². The molecule has 3 rings (SSSR count). The number of carbonyl (C=O) groups excluding carboxylic acids is 1. The largest absolute Gasteiger partial charge is 0.469 e. The molecule has 0 unspecified atom stereocenters. The number of furan rings is 1. The van der Waals surface area contributed by atoms with Crippen molar-refractivity contribution in [1.29, 1.82) is 0 Å². The predicted octanol–water partition coefficient (Wildman–Crippen LogP) is 2.51. The van der Waals surface area contributed by atoms with Crippen LogP contribution in [0.4, 0.5) is 0 Å². The Hall–Kier alpha value is -3.15. The summed E-state index contributed by atoms with van der Waals surface area (Å²) in [7, 11) is 1.71. The topological polar surface area (TPSA) is 68.3 Å². The molecule has 0 radical (unpaired) electrons. The number of aryl methyl sites for hydroxylation is 1. The number of nitrogens with zero attached hydrogens (tertiary/aromatic N) is 3. The third-order valence-electron chi connectivity index (χ3n) is 4.20. The lowest BCUT2D eigenvalue weighted by atomic mass is 10.1. The van der Waals surface area contributed by atoms with Crippen LogP contribution in [0.2, 0.25) is 0 Å². The number of likely N-dealkylation sites (N-methyl/N-ethyl adjacent to an activating group) is 1. The average Bonchev–Trinajstić information content (AvgIpc) is 3.16. The summed E-state index contributed by atoms with van der Waals surface area (Å²) in [6.07, 6.45) is 2.23. The zero-order valence-corrected chi connectivity index (χ0v) is 14.9. The molecule has 0 aliphatic heterocycles. The van der Waals surface area contributed by atoms with E-state index in [0.29, 0.717) is 18.7 Å². The van der Waals surface area contributed by atoms with Gasteiger partial charge in [0.2, 0.25) is 5.91 Å². The van der Waals surface area contributed by atoms with Gasteiger partial charge in [-0.15, -0.1) is 0 Å². The Morgan fingerprint density at radius 3 is 2.62 bits per heavy atom. The third-order valence-corrected chi connectivity index (χ3v) is 4.20. The van der Waals surface area contributed by atoms with Crippen LogP contribution in [0.25, 0.3) is 11.3 Å². The number of hydrogen-bond acceptors (Lipinski definition) is 4. The van der Waals surface area contributed by atoms with Crippen LogP contribution >= 0.6 is 0 Å². The summed E-state index contributed by atoms with van der Waals surface area (Å²) in [5, 5.41) is 4.34. The van der Waals surface area contributed by atoms with Crippen LogP contribution in [0.15, 0.2) is 64.0 Å². The van der Waals surface area contributed by atoms with E-state index in [1.165, 1.54) is 10.7 Å². The van der Waals surface area contributed by atoms with Crippen molar-refractivity contribution in [2.75, 3.05) is 13.6 Å². The fraction of sp³-hybridized carbons (Fsp3) is 0.250. The lowest BCUT2D eigenvalue weighted by molar-refractivity contribution is -0.130. The highest BCUT2D eigenvalue weighted by molar-refractivity contribution is 5.75. The van der Waals surface area contributed by atoms with Crippen molar-refractivity contribution in [3.63, 3.8) is 0 Å². The normalized spacial score (nSPS) is 10.7. The summed E-state index contributed by atoms with van der Waals surface area (Å²) in [6, 6.07) is 14.7.